The predicted molar refractivity (Wildman–Crippen MR) is 107 cm³/mol. The molecule has 0 aliphatic heterocycles. The van der Waals surface area contributed by atoms with Gasteiger partial charge in [-0.2, -0.15) is 5.10 Å². The molecule has 0 unspecified atom stereocenters. The van der Waals surface area contributed by atoms with Crippen molar-refractivity contribution in [1.82, 2.24) is 15.0 Å². The van der Waals surface area contributed by atoms with Crippen LogP contribution in [0.2, 0.25) is 0 Å². The summed E-state index contributed by atoms with van der Waals surface area (Å²) in [6.45, 7) is 1.43. The quantitative estimate of drug-likeness (QED) is 0.445. The number of nitrogens with zero attached hydrogens (tertiary/aromatic N) is 2. The molecule has 0 aliphatic carbocycles. The monoisotopic (exact) mass is 394 g/mol. The van der Waals surface area contributed by atoms with E-state index in [0.29, 0.717) is 17.0 Å². The molecule has 0 bridgehead atoms. The van der Waals surface area contributed by atoms with Crippen LogP contribution in [0.25, 0.3) is 5.69 Å². The molecule has 9 nitrogen and oxygen atoms in total. The number of aromatic nitrogens is 2. The van der Waals surface area contributed by atoms with E-state index in [-0.39, 0.29) is 11.3 Å². The zero-order valence-corrected chi connectivity index (χ0v) is 15.7. The van der Waals surface area contributed by atoms with E-state index in [1.165, 1.54) is 14.0 Å². The number of carbonyl (C=O) groups is 1. The lowest BCUT2D eigenvalue weighted by Gasteiger charge is -2.12. The van der Waals surface area contributed by atoms with Gasteiger partial charge >= 0.3 is 5.69 Å². The van der Waals surface area contributed by atoms with Crippen LogP contribution in [0.15, 0.2) is 69.3 Å². The fraction of sp³-hybridized carbons (Fsp3) is 0.100. The minimum Gasteiger partial charge on any atom is -0.497 e. The first-order chi connectivity index (χ1) is 13.9. The lowest BCUT2D eigenvalue weighted by molar-refractivity contribution is 0.0955. The highest BCUT2D eigenvalue weighted by Crippen LogP contribution is 2.19. The van der Waals surface area contributed by atoms with Crippen molar-refractivity contribution in [2.75, 3.05) is 7.11 Å². The number of aromatic hydroxyl groups is 1. The van der Waals surface area contributed by atoms with E-state index < -0.39 is 23.0 Å². The van der Waals surface area contributed by atoms with E-state index >= 15 is 0 Å². The molecular weight excluding hydrogens is 376 g/mol. The smallest absolute Gasteiger partial charge is 0.335 e. The second-order valence-electron chi connectivity index (χ2n) is 6.00. The Balaban J connectivity index is 1.99. The SMILES string of the molecule is COc1ccc(-n2c(O)c(/C(C)=N/NC(=O)c3ccccc3)c(=O)[nH]c2=O)cc1. The number of carbonyl (C=O) groups excluding carboxylic acids is 1. The van der Waals surface area contributed by atoms with E-state index in [1.807, 2.05) is 0 Å². The zero-order valence-electron chi connectivity index (χ0n) is 15.7. The lowest BCUT2D eigenvalue weighted by atomic mass is 10.2. The maximum atomic E-state index is 12.3. The summed E-state index contributed by atoms with van der Waals surface area (Å²) in [7, 11) is 1.50. The van der Waals surface area contributed by atoms with Crippen molar-refractivity contribution in [3.05, 3.63) is 86.6 Å². The Morgan fingerprint density at radius 2 is 1.76 bits per heavy atom. The van der Waals surface area contributed by atoms with Crippen LogP contribution in [0.1, 0.15) is 22.8 Å². The molecule has 0 spiro atoms. The van der Waals surface area contributed by atoms with Crippen LogP contribution in [0.3, 0.4) is 0 Å². The van der Waals surface area contributed by atoms with Gasteiger partial charge in [-0.15, -0.1) is 0 Å². The molecule has 0 fully saturated rings. The molecule has 0 atom stereocenters. The number of nitrogens with one attached hydrogen (secondary N) is 2. The summed E-state index contributed by atoms with van der Waals surface area (Å²) in [6.07, 6.45) is 0. The Kier molecular flexibility index (Phi) is 5.59. The first-order valence-corrected chi connectivity index (χ1v) is 8.55. The number of aromatic amines is 1. The molecule has 1 heterocycles. The minimum absolute atomic E-state index is 0.0234. The van der Waals surface area contributed by atoms with Crippen LogP contribution in [0.5, 0.6) is 11.6 Å². The fourth-order valence-electron chi connectivity index (χ4n) is 2.67. The molecule has 148 valence electrons. The van der Waals surface area contributed by atoms with Gasteiger partial charge in [-0.1, -0.05) is 18.2 Å². The topological polar surface area (TPSA) is 126 Å². The first kappa shape index (κ1) is 19.6. The van der Waals surface area contributed by atoms with Crippen molar-refractivity contribution in [3.8, 4) is 17.3 Å². The van der Waals surface area contributed by atoms with Gasteiger partial charge in [-0.3, -0.25) is 14.6 Å². The molecule has 0 aliphatic rings. The van der Waals surface area contributed by atoms with Crippen LogP contribution in [-0.2, 0) is 0 Å². The number of rotatable bonds is 5. The van der Waals surface area contributed by atoms with E-state index in [1.54, 1.807) is 54.6 Å². The van der Waals surface area contributed by atoms with Crippen LogP contribution in [0.4, 0.5) is 0 Å². The summed E-state index contributed by atoms with van der Waals surface area (Å²) in [5.41, 5.74) is 1.15. The zero-order chi connectivity index (χ0) is 21.0. The largest absolute Gasteiger partial charge is 0.497 e. The van der Waals surface area contributed by atoms with Gasteiger partial charge in [-0.05, 0) is 43.3 Å². The van der Waals surface area contributed by atoms with Gasteiger partial charge in [0, 0.05) is 5.56 Å². The molecule has 1 amide bonds. The van der Waals surface area contributed by atoms with Crippen molar-refractivity contribution >= 4 is 11.6 Å². The Morgan fingerprint density at radius 1 is 1.10 bits per heavy atom. The first-order valence-electron chi connectivity index (χ1n) is 8.55. The molecule has 0 saturated heterocycles. The number of ether oxygens (including phenoxy) is 1. The molecule has 3 aromatic rings. The van der Waals surface area contributed by atoms with E-state index in [9.17, 15) is 19.5 Å². The van der Waals surface area contributed by atoms with Gasteiger partial charge in [0.1, 0.15) is 11.3 Å². The molecule has 3 N–H and O–H groups in total. The number of amides is 1. The molecule has 0 radical (unpaired) electrons. The molecule has 0 saturated carbocycles. The maximum Gasteiger partial charge on any atom is 0.335 e. The fourth-order valence-corrected chi connectivity index (χ4v) is 2.67. The molecule has 9 heteroatoms. The highest BCUT2D eigenvalue weighted by atomic mass is 16.5. The Bertz CT molecular complexity index is 1180. The number of hydrazone groups is 1. The summed E-state index contributed by atoms with van der Waals surface area (Å²) in [5, 5.41) is 14.5. The van der Waals surface area contributed by atoms with E-state index in [0.717, 1.165) is 4.57 Å². The maximum absolute atomic E-state index is 12.3. The summed E-state index contributed by atoms with van der Waals surface area (Å²) in [6, 6.07) is 14.7. The summed E-state index contributed by atoms with van der Waals surface area (Å²) >= 11 is 0. The Labute approximate surface area is 164 Å². The normalized spacial score (nSPS) is 11.2. The van der Waals surface area contributed by atoms with Crippen LogP contribution < -0.4 is 21.4 Å². The van der Waals surface area contributed by atoms with Crippen LogP contribution in [0, 0.1) is 0 Å². The third-order valence-corrected chi connectivity index (χ3v) is 4.14. The lowest BCUT2D eigenvalue weighted by Crippen LogP contribution is -2.33. The molecule has 29 heavy (non-hydrogen) atoms. The van der Waals surface area contributed by atoms with Gasteiger partial charge in [0.05, 0.1) is 18.5 Å². The number of methoxy groups -OCH3 is 1. The summed E-state index contributed by atoms with van der Waals surface area (Å²) < 4.78 is 6.00. The standard InChI is InChI=1S/C20H18N4O5/c1-12(22-23-17(25)13-6-4-3-5-7-13)16-18(26)21-20(28)24(19(16)27)14-8-10-15(29-2)11-9-14/h3-11,27H,1-2H3,(H,23,25)(H,21,26,28)/b22-12+. The van der Waals surface area contributed by atoms with E-state index in [2.05, 4.69) is 15.5 Å². The Morgan fingerprint density at radius 3 is 2.38 bits per heavy atom. The van der Waals surface area contributed by atoms with Crippen molar-refractivity contribution in [3.63, 3.8) is 0 Å². The molecule has 2 aromatic carbocycles. The second-order valence-corrected chi connectivity index (χ2v) is 6.00. The highest BCUT2D eigenvalue weighted by molar-refractivity contribution is 6.02. The van der Waals surface area contributed by atoms with Crippen LogP contribution in [-0.4, -0.2) is 33.4 Å². The van der Waals surface area contributed by atoms with Crippen molar-refractivity contribution in [2.45, 2.75) is 6.92 Å². The third-order valence-electron chi connectivity index (χ3n) is 4.14. The number of H-pyrrole nitrogens is 1. The predicted octanol–water partition coefficient (Wildman–Crippen LogP) is 1.39. The third kappa shape index (κ3) is 4.08. The number of hydrogen-bond donors (Lipinski definition) is 3. The molecular formula is C20H18N4O5. The van der Waals surface area contributed by atoms with Gasteiger partial charge in [0.2, 0.25) is 5.88 Å². The Hall–Kier alpha value is -4.14. The van der Waals surface area contributed by atoms with Crippen molar-refractivity contribution in [2.24, 2.45) is 5.10 Å². The average Bonchev–Trinajstić information content (AvgIpc) is 2.72. The summed E-state index contributed by atoms with van der Waals surface area (Å²) in [4.78, 5) is 38.8. The summed E-state index contributed by atoms with van der Waals surface area (Å²) in [5.74, 6) is -0.518. The molecule has 3 rings (SSSR count). The number of benzene rings is 2. The average molecular weight is 394 g/mol. The van der Waals surface area contributed by atoms with Crippen molar-refractivity contribution < 1.29 is 14.6 Å². The minimum atomic E-state index is -0.826. The van der Waals surface area contributed by atoms with Gasteiger partial charge in [-0.25, -0.2) is 14.8 Å². The molecule has 1 aromatic heterocycles. The van der Waals surface area contributed by atoms with Gasteiger partial charge < -0.3 is 9.84 Å². The van der Waals surface area contributed by atoms with Crippen molar-refractivity contribution in [1.29, 1.82) is 0 Å². The second kappa shape index (κ2) is 8.26. The number of hydrogen-bond acceptors (Lipinski definition) is 6. The van der Waals surface area contributed by atoms with Gasteiger partial charge in [0.25, 0.3) is 11.5 Å². The highest BCUT2D eigenvalue weighted by Gasteiger charge is 2.18. The van der Waals surface area contributed by atoms with E-state index in [4.69, 9.17) is 4.74 Å². The van der Waals surface area contributed by atoms with Crippen LogP contribution >= 0.6 is 0 Å². The van der Waals surface area contributed by atoms with Gasteiger partial charge in [0.15, 0.2) is 0 Å².